The van der Waals surface area contributed by atoms with Crippen LogP contribution in [-0.4, -0.2) is 23.8 Å². The van der Waals surface area contributed by atoms with Crippen LogP contribution in [0.2, 0.25) is 0 Å². The highest BCUT2D eigenvalue weighted by molar-refractivity contribution is 5.71. The van der Waals surface area contributed by atoms with Crippen molar-refractivity contribution in [3.63, 3.8) is 0 Å². The Morgan fingerprint density at radius 1 is 1.36 bits per heavy atom. The summed E-state index contributed by atoms with van der Waals surface area (Å²) in [7, 11) is 0. The van der Waals surface area contributed by atoms with Gasteiger partial charge in [0, 0.05) is 6.42 Å². The van der Waals surface area contributed by atoms with E-state index < -0.39 is 0 Å². The highest BCUT2D eigenvalue weighted by Gasteiger charge is 2.12. The Balaban J connectivity index is 3.48. The molecule has 0 aliphatic heterocycles. The molecule has 84 valence electrons. The highest BCUT2D eigenvalue weighted by Crippen LogP contribution is 2.05. The van der Waals surface area contributed by atoms with Crippen LogP contribution in [0.1, 0.15) is 46.5 Å². The van der Waals surface area contributed by atoms with Gasteiger partial charge in [-0.1, -0.05) is 27.2 Å². The first kappa shape index (κ1) is 13.4. The summed E-state index contributed by atoms with van der Waals surface area (Å²) in [6.07, 6.45) is 2.76. The van der Waals surface area contributed by atoms with Gasteiger partial charge in [0.2, 0.25) is 0 Å². The summed E-state index contributed by atoms with van der Waals surface area (Å²) < 4.78 is 5.01. The molecule has 0 heterocycles. The number of esters is 1. The Morgan fingerprint density at radius 2 is 2.00 bits per heavy atom. The van der Waals surface area contributed by atoms with E-state index in [2.05, 4.69) is 0 Å². The van der Waals surface area contributed by atoms with Crippen molar-refractivity contribution in [2.45, 2.75) is 52.6 Å². The predicted octanol–water partition coefficient (Wildman–Crippen LogP) is 2.13. The summed E-state index contributed by atoms with van der Waals surface area (Å²) in [5.41, 5.74) is 0. The molecule has 2 unspecified atom stereocenters. The summed E-state index contributed by atoms with van der Waals surface area (Å²) in [6.45, 7) is 6.17. The van der Waals surface area contributed by atoms with Crippen LogP contribution in [0.4, 0.5) is 0 Å². The van der Waals surface area contributed by atoms with Crippen molar-refractivity contribution in [3.05, 3.63) is 0 Å². The maximum absolute atomic E-state index is 11.2. The van der Waals surface area contributed by atoms with Crippen molar-refractivity contribution < 1.29 is 14.6 Å². The summed E-state index contributed by atoms with van der Waals surface area (Å²) >= 11 is 0. The van der Waals surface area contributed by atoms with E-state index in [9.17, 15) is 9.90 Å². The third kappa shape index (κ3) is 5.97. The number of rotatable bonds is 7. The molecule has 0 fully saturated rings. The van der Waals surface area contributed by atoms with Gasteiger partial charge in [-0.05, 0) is 12.8 Å². The third-order valence-corrected chi connectivity index (χ3v) is 2.33. The minimum absolute atomic E-state index is 0.0293. The van der Waals surface area contributed by atoms with Gasteiger partial charge >= 0.3 is 5.97 Å². The minimum Gasteiger partial charge on any atom is -0.465 e. The maximum Gasteiger partial charge on any atom is 0.308 e. The summed E-state index contributed by atoms with van der Waals surface area (Å²) in [4.78, 5) is 11.2. The third-order valence-electron chi connectivity index (χ3n) is 2.33. The van der Waals surface area contributed by atoms with Crippen molar-refractivity contribution in [3.8, 4) is 0 Å². The minimum atomic E-state index is -0.329. The zero-order chi connectivity index (χ0) is 11.0. The smallest absolute Gasteiger partial charge is 0.308 e. The molecule has 0 aromatic rings. The van der Waals surface area contributed by atoms with Crippen molar-refractivity contribution in [2.75, 3.05) is 6.61 Å². The van der Waals surface area contributed by atoms with E-state index in [0.717, 1.165) is 19.3 Å². The molecule has 0 radical (unpaired) electrons. The normalized spacial score (nSPS) is 14.9. The Morgan fingerprint density at radius 3 is 2.50 bits per heavy atom. The molecule has 0 bridgehead atoms. The first-order valence-corrected chi connectivity index (χ1v) is 5.46. The average molecular weight is 202 g/mol. The van der Waals surface area contributed by atoms with Gasteiger partial charge in [-0.2, -0.15) is 0 Å². The summed E-state index contributed by atoms with van der Waals surface area (Å²) in [5, 5.41) is 9.37. The molecule has 0 amide bonds. The molecule has 3 heteroatoms. The maximum atomic E-state index is 11.2. The van der Waals surface area contributed by atoms with Gasteiger partial charge < -0.3 is 9.84 Å². The topological polar surface area (TPSA) is 46.5 Å². The molecule has 1 N–H and O–H groups in total. The van der Waals surface area contributed by atoms with E-state index in [4.69, 9.17) is 4.74 Å². The van der Waals surface area contributed by atoms with Crippen molar-refractivity contribution in [1.82, 2.24) is 0 Å². The number of hydrogen-bond donors (Lipinski definition) is 1. The second kappa shape index (κ2) is 7.80. The lowest BCUT2D eigenvalue weighted by Crippen LogP contribution is -2.17. The van der Waals surface area contributed by atoms with Crippen molar-refractivity contribution in [1.29, 1.82) is 0 Å². The molecule has 0 saturated carbocycles. The van der Waals surface area contributed by atoms with Gasteiger partial charge in [0.25, 0.3) is 0 Å². The number of aliphatic hydroxyl groups excluding tert-OH is 1. The Hall–Kier alpha value is -0.570. The van der Waals surface area contributed by atoms with E-state index in [0.29, 0.717) is 13.0 Å². The lowest BCUT2D eigenvalue weighted by Gasteiger charge is -2.11. The van der Waals surface area contributed by atoms with Gasteiger partial charge in [-0.25, -0.2) is 0 Å². The fraction of sp³-hybridized carbons (Fsp3) is 0.909. The first-order valence-electron chi connectivity index (χ1n) is 5.46. The monoisotopic (exact) mass is 202 g/mol. The molecule has 0 aromatic carbocycles. The number of aliphatic hydroxyl groups is 1. The standard InChI is InChI=1S/C11H22O3/c1-4-6-10(12)7-8-14-11(13)9(3)5-2/h9-10,12H,4-8H2,1-3H3. The zero-order valence-electron chi connectivity index (χ0n) is 9.45. The fourth-order valence-electron chi connectivity index (χ4n) is 1.08. The SMILES string of the molecule is CCCC(O)CCOC(=O)C(C)CC. The molecule has 0 aromatic heterocycles. The zero-order valence-corrected chi connectivity index (χ0v) is 9.45. The molecule has 0 aliphatic rings. The lowest BCUT2D eigenvalue weighted by atomic mass is 10.1. The van der Waals surface area contributed by atoms with Gasteiger partial charge in [-0.15, -0.1) is 0 Å². The van der Waals surface area contributed by atoms with Gasteiger partial charge in [-0.3, -0.25) is 4.79 Å². The van der Waals surface area contributed by atoms with E-state index in [1.807, 2.05) is 20.8 Å². The number of ether oxygens (including phenoxy) is 1. The molecule has 0 saturated heterocycles. The van der Waals surface area contributed by atoms with Crippen LogP contribution in [-0.2, 0) is 9.53 Å². The Labute approximate surface area is 86.5 Å². The predicted molar refractivity (Wildman–Crippen MR) is 55.9 cm³/mol. The number of carbonyl (C=O) groups excluding carboxylic acids is 1. The van der Waals surface area contributed by atoms with Gasteiger partial charge in [0.05, 0.1) is 18.6 Å². The van der Waals surface area contributed by atoms with Crippen LogP contribution in [0.25, 0.3) is 0 Å². The molecular formula is C11H22O3. The molecule has 3 nitrogen and oxygen atoms in total. The van der Waals surface area contributed by atoms with Gasteiger partial charge in [0.1, 0.15) is 0 Å². The highest BCUT2D eigenvalue weighted by atomic mass is 16.5. The number of hydrogen-bond acceptors (Lipinski definition) is 3. The van der Waals surface area contributed by atoms with E-state index in [1.165, 1.54) is 0 Å². The molecule has 0 spiro atoms. The molecule has 0 rings (SSSR count). The fourth-order valence-corrected chi connectivity index (χ4v) is 1.08. The second-order valence-corrected chi connectivity index (χ2v) is 3.71. The van der Waals surface area contributed by atoms with Crippen LogP contribution in [0.5, 0.6) is 0 Å². The second-order valence-electron chi connectivity index (χ2n) is 3.71. The van der Waals surface area contributed by atoms with Crippen LogP contribution in [0.3, 0.4) is 0 Å². The average Bonchev–Trinajstić information content (AvgIpc) is 2.16. The van der Waals surface area contributed by atoms with Crippen molar-refractivity contribution >= 4 is 5.97 Å². The van der Waals surface area contributed by atoms with Crippen molar-refractivity contribution in [2.24, 2.45) is 5.92 Å². The first-order chi connectivity index (χ1) is 6.61. The lowest BCUT2D eigenvalue weighted by molar-refractivity contribution is -0.148. The number of carbonyl (C=O) groups is 1. The molecule has 2 atom stereocenters. The quantitative estimate of drug-likeness (QED) is 0.643. The van der Waals surface area contributed by atoms with Crippen LogP contribution >= 0.6 is 0 Å². The Bertz CT molecular complexity index is 157. The summed E-state index contributed by atoms with van der Waals surface area (Å²) in [5.74, 6) is -0.186. The van der Waals surface area contributed by atoms with Gasteiger partial charge in [0.15, 0.2) is 0 Å². The molecule has 14 heavy (non-hydrogen) atoms. The van der Waals surface area contributed by atoms with E-state index >= 15 is 0 Å². The van der Waals surface area contributed by atoms with Crippen LogP contribution in [0.15, 0.2) is 0 Å². The Kier molecular flexibility index (Phi) is 7.48. The van der Waals surface area contributed by atoms with Crippen LogP contribution in [0, 0.1) is 5.92 Å². The molecular weight excluding hydrogens is 180 g/mol. The van der Waals surface area contributed by atoms with Crippen LogP contribution < -0.4 is 0 Å². The van der Waals surface area contributed by atoms with E-state index in [1.54, 1.807) is 0 Å². The molecule has 0 aliphatic carbocycles. The summed E-state index contributed by atoms with van der Waals surface area (Å²) in [6, 6.07) is 0. The largest absolute Gasteiger partial charge is 0.465 e. The van der Waals surface area contributed by atoms with E-state index in [-0.39, 0.29) is 18.0 Å².